The van der Waals surface area contributed by atoms with E-state index in [1.807, 2.05) is 0 Å². The summed E-state index contributed by atoms with van der Waals surface area (Å²) >= 11 is 0. The van der Waals surface area contributed by atoms with Crippen molar-refractivity contribution < 1.29 is 9.84 Å². The highest BCUT2D eigenvalue weighted by molar-refractivity contribution is 5.23. The van der Waals surface area contributed by atoms with E-state index >= 15 is 0 Å². The van der Waals surface area contributed by atoms with Crippen molar-refractivity contribution in [1.29, 1.82) is 0 Å². The highest BCUT2D eigenvalue weighted by Crippen LogP contribution is 2.59. The van der Waals surface area contributed by atoms with Crippen molar-refractivity contribution in [1.82, 2.24) is 4.90 Å². The summed E-state index contributed by atoms with van der Waals surface area (Å²) in [4.78, 5) is 2.28. The van der Waals surface area contributed by atoms with Gasteiger partial charge >= 0.3 is 0 Å². The number of aliphatic hydroxyl groups excluding tert-OH is 1. The topological polar surface area (TPSA) is 32.7 Å². The Morgan fingerprint density at radius 3 is 2.73 bits per heavy atom. The molecule has 0 heterocycles. The second kappa shape index (κ2) is 6.26. The van der Waals surface area contributed by atoms with Crippen LogP contribution in [0.4, 0.5) is 0 Å². The first-order valence-corrected chi connectivity index (χ1v) is 9.04. The van der Waals surface area contributed by atoms with Gasteiger partial charge in [0.1, 0.15) is 0 Å². The Labute approximate surface area is 135 Å². The minimum atomic E-state index is -0.377. The molecule has 3 heteroatoms. The molecule has 4 atom stereocenters. The van der Waals surface area contributed by atoms with Crippen LogP contribution < -0.4 is 0 Å². The van der Waals surface area contributed by atoms with Crippen LogP contribution in [0.3, 0.4) is 0 Å². The van der Waals surface area contributed by atoms with Crippen LogP contribution in [0.2, 0.25) is 0 Å². The molecule has 3 nitrogen and oxygen atoms in total. The summed E-state index contributed by atoms with van der Waals surface area (Å²) in [5, 5.41) is 10.2. The van der Waals surface area contributed by atoms with Crippen molar-refractivity contribution in [3.63, 3.8) is 0 Å². The van der Waals surface area contributed by atoms with Crippen LogP contribution in [-0.4, -0.2) is 49.0 Å². The maximum absolute atomic E-state index is 10.2. The van der Waals surface area contributed by atoms with Gasteiger partial charge in [0.25, 0.3) is 0 Å². The third kappa shape index (κ3) is 3.27. The van der Waals surface area contributed by atoms with E-state index in [4.69, 9.17) is 4.74 Å². The van der Waals surface area contributed by atoms with Crippen molar-refractivity contribution >= 4 is 0 Å². The molecule has 2 fully saturated rings. The number of nitrogens with zero attached hydrogens (tertiary/aromatic N) is 1. The summed E-state index contributed by atoms with van der Waals surface area (Å²) in [6.07, 6.45) is 7.27. The second-order valence-corrected chi connectivity index (χ2v) is 8.51. The summed E-state index contributed by atoms with van der Waals surface area (Å²) in [6, 6.07) is 0.586. The van der Waals surface area contributed by atoms with E-state index in [1.165, 1.54) is 31.3 Å². The third-order valence-electron chi connectivity index (χ3n) is 6.66. The van der Waals surface area contributed by atoms with E-state index in [1.54, 1.807) is 0 Å². The summed E-state index contributed by atoms with van der Waals surface area (Å²) < 4.78 is 5.84. The Balaban J connectivity index is 1.37. The molecule has 0 amide bonds. The summed E-state index contributed by atoms with van der Waals surface area (Å²) in [5.74, 6) is 2.43. The van der Waals surface area contributed by atoms with Gasteiger partial charge in [-0.2, -0.15) is 0 Å². The normalized spacial score (nSPS) is 32.4. The van der Waals surface area contributed by atoms with E-state index in [2.05, 4.69) is 38.8 Å². The Morgan fingerprint density at radius 2 is 2.14 bits per heavy atom. The number of ether oxygens (including phenoxy) is 1. The Hall–Kier alpha value is -0.380. The molecule has 0 aromatic rings. The van der Waals surface area contributed by atoms with Crippen molar-refractivity contribution in [3.8, 4) is 0 Å². The van der Waals surface area contributed by atoms with Crippen LogP contribution in [0.5, 0.6) is 0 Å². The molecular formula is C19H33NO2. The van der Waals surface area contributed by atoms with Gasteiger partial charge in [-0.05, 0) is 68.4 Å². The van der Waals surface area contributed by atoms with Gasteiger partial charge < -0.3 is 14.7 Å². The van der Waals surface area contributed by atoms with Crippen molar-refractivity contribution in [2.24, 2.45) is 23.2 Å². The van der Waals surface area contributed by atoms with Gasteiger partial charge in [0.05, 0.1) is 19.3 Å². The van der Waals surface area contributed by atoms with Crippen LogP contribution in [0.15, 0.2) is 11.6 Å². The molecule has 4 aliphatic rings. The molecule has 4 unspecified atom stereocenters. The van der Waals surface area contributed by atoms with Gasteiger partial charge in [-0.15, -0.1) is 0 Å². The predicted octanol–water partition coefficient (Wildman–Crippen LogP) is 3.09. The lowest BCUT2D eigenvalue weighted by Gasteiger charge is -2.56. The highest BCUT2D eigenvalue weighted by Gasteiger charge is 2.50. The quantitative estimate of drug-likeness (QED) is 0.700. The molecule has 1 N–H and O–H groups in total. The van der Waals surface area contributed by atoms with E-state index in [0.29, 0.717) is 37.1 Å². The fourth-order valence-corrected chi connectivity index (χ4v) is 4.44. The van der Waals surface area contributed by atoms with Crippen LogP contribution >= 0.6 is 0 Å². The molecule has 0 aliphatic heterocycles. The zero-order valence-electron chi connectivity index (χ0n) is 14.7. The lowest BCUT2D eigenvalue weighted by Crippen LogP contribution is -2.48. The van der Waals surface area contributed by atoms with E-state index < -0.39 is 0 Å². The molecule has 0 saturated heterocycles. The maximum Gasteiger partial charge on any atom is 0.0900 e. The molecule has 4 rings (SSSR count). The summed E-state index contributed by atoms with van der Waals surface area (Å²) in [7, 11) is 2.12. The average molecular weight is 307 g/mol. The average Bonchev–Trinajstić information content (AvgIpc) is 3.31. The van der Waals surface area contributed by atoms with E-state index in [-0.39, 0.29) is 6.10 Å². The first-order valence-electron chi connectivity index (χ1n) is 9.04. The fourth-order valence-electron chi connectivity index (χ4n) is 4.44. The SMILES string of the molecule is CC(C1CC1)N(C)CC(O)COCC1=CCC2CC1C2(C)C. The number of hydrogen-bond acceptors (Lipinski definition) is 3. The number of hydrogen-bond donors (Lipinski definition) is 1. The van der Waals surface area contributed by atoms with Gasteiger partial charge in [-0.1, -0.05) is 19.9 Å². The molecule has 0 radical (unpaired) electrons. The molecular weight excluding hydrogens is 274 g/mol. The van der Waals surface area contributed by atoms with Gasteiger partial charge in [0.2, 0.25) is 0 Å². The van der Waals surface area contributed by atoms with E-state index in [0.717, 1.165) is 11.8 Å². The highest BCUT2D eigenvalue weighted by atomic mass is 16.5. The Kier molecular flexibility index (Phi) is 4.69. The van der Waals surface area contributed by atoms with E-state index in [9.17, 15) is 5.11 Å². The standard InChI is InChI=1S/C19H33NO2/c1-13(14-5-6-14)20(4)10-17(21)12-22-11-15-7-8-16-9-18(15)19(16,2)3/h7,13-14,16-18,21H,5-6,8-12H2,1-4H3. The third-order valence-corrected chi connectivity index (χ3v) is 6.66. The Morgan fingerprint density at radius 1 is 1.41 bits per heavy atom. The zero-order valence-corrected chi connectivity index (χ0v) is 14.7. The van der Waals surface area contributed by atoms with Crippen molar-refractivity contribution in [2.45, 2.75) is 58.6 Å². The number of allylic oxidation sites excluding steroid dienone is 1. The van der Waals surface area contributed by atoms with Gasteiger partial charge in [0.15, 0.2) is 0 Å². The Bertz CT molecular complexity index is 427. The van der Waals surface area contributed by atoms with Gasteiger partial charge in [-0.3, -0.25) is 0 Å². The molecule has 0 aromatic carbocycles. The lowest BCUT2D eigenvalue weighted by atomic mass is 9.49. The molecule has 2 bridgehead atoms. The summed E-state index contributed by atoms with van der Waals surface area (Å²) in [6.45, 7) is 8.93. The largest absolute Gasteiger partial charge is 0.389 e. The smallest absolute Gasteiger partial charge is 0.0900 e. The van der Waals surface area contributed by atoms with Crippen LogP contribution in [0.1, 0.15) is 46.5 Å². The van der Waals surface area contributed by atoms with Crippen molar-refractivity contribution in [3.05, 3.63) is 11.6 Å². The number of aliphatic hydroxyl groups is 1. The minimum absolute atomic E-state index is 0.377. The number of rotatable bonds is 8. The molecule has 4 aliphatic carbocycles. The fraction of sp³-hybridized carbons (Fsp3) is 0.895. The van der Waals surface area contributed by atoms with Crippen molar-refractivity contribution in [2.75, 3.05) is 26.8 Å². The van der Waals surface area contributed by atoms with Crippen LogP contribution in [0.25, 0.3) is 0 Å². The monoisotopic (exact) mass is 307 g/mol. The minimum Gasteiger partial charge on any atom is -0.389 e. The second-order valence-electron chi connectivity index (χ2n) is 8.51. The first-order chi connectivity index (χ1) is 10.4. The lowest BCUT2D eigenvalue weighted by molar-refractivity contribution is -0.0265. The number of likely N-dealkylation sites (N-methyl/N-ethyl adjacent to an activating group) is 1. The van der Waals surface area contributed by atoms with Crippen LogP contribution in [0, 0.1) is 23.2 Å². The predicted molar refractivity (Wildman–Crippen MR) is 89.7 cm³/mol. The maximum atomic E-state index is 10.2. The van der Waals surface area contributed by atoms with Gasteiger partial charge in [-0.25, -0.2) is 0 Å². The molecule has 0 spiro atoms. The summed E-state index contributed by atoms with van der Waals surface area (Å²) in [5.41, 5.74) is 1.94. The van der Waals surface area contributed by atoms with Gasteiger partial charge in [0, 0.05) is 12.6 Å². The zero-order chi connectivity index (χ0) is 15.9. The molecule has 0 aromatic heterocycles. The molecule has 22 heavy (non-hydrogen) atoms. The molecule has 126 valence electrons. The first kappa shape index (κ1) is 16.5. The molecule has 2 saturated carbocycles. The van der Waals surface area contributed by atoms with Crippen LogP contribution in [-0.2, 0) is 4.74 Å². The number of fused-ring (bicyclic) bond motifs is 1.